The van der Waals surface area contributed by atoms with Crippen LogP contribution in [-0.2, 0) is 108 Å². The molecule has 0 radical (unpaired) electrons. The number of unbranched alkanes of at least 4 members (excludes halogenated alkanes) is 2. The van der Waals surface area contributed by atoms with E-state index in [9.17, 15) is 33.9 Å². The number of aryl methyl sites for hydroxylation is 1. The second kappa shape index (κ2) is 40.1. The van der Waals surface area contributed by atoms with Gasteiger partial charge in [0.05, 0.1) is 47.0 Å². The summed E-state index contributed by atoms with van der Waals surface area (Å²) in [7, 11) is 7.69. The number of fused-ring (bicyclic) bond motifs is 16. The lowest BCUT2D eigenvalue weighted by Gasteiger charge is -2.37. The van der Waals surface area contributed by atoms with E-state index >= 15 is 33.2 Å². The number of rotatable bonds is 12. The van der Waals surface area contributed by atoms with Crippen molar-refractivity contribution in [2.45, 2.75) is 210 Å². The lowest BCUT2D eigenvalue weighted by Crippen LogP contribution is -3.00. The molecule has 6 aliphatic heterocycles. The van der Waals surface area contributed by atoms with Gasteiger partial charge in [-0.1, -0.05) is 73.5 Å². The van der Waals surface area contributed by atoms with E-state index in [0.29, 0.717) is 96.9 Å². The van der Waals surface area contributed by atoms with Gasteiger partial charge in [0, 0.05) is 108 Å². The van der Waals surface area contributed by atoms with Crippen LogP contribution in [0.3, 0.4) is 0 Å². The van der Waals surface area contributed by atoms with Gasteiger partial charge in [-0.25, -0.2) is 4.39 Å². The minimum atomic E-state index is -1.85. The molecular formula is C82H110ClFN14O15. The molecule has 6 aliphatic rings. The molecule has 11 rings (SSSR count). The van der Waals surface area contributed by atoms with Crippen LogP contribution in [0.1, 0.15) is 138 Å². The number of ether oxygens (including phenoxy) is 2. The fraction of sp³-hybridized carbons (Fsp3) is 0.537. The topological polar surface area (TPSA) is 366 Å². The number of carbonyl (C=O) groups is 12. The molecule has 31 heteroatoms. The van der Waals surface area contributed by atoms with Gasteiger partial charge in [-0.3, -0.25) is 57.5 Å². The lowest BCUT2D eigenvalue weighted by molar-refractivity contribution is -0.870. The van der Waals surface area contributed by atoms with Crippen molar-refractivity contribution >= 4 is 81.8 Å². The average Bonchev–Trinajstić information content (AvgIpc) is 1.65. The normalized spacial score (nSPS) is 24.7. The molecule has 0 aliphatic carbocycles. The molecule has 612 valence electrons. The number of carbonyl (C=O) groups excluding carboxylic acids is 12. The van der Waals surface area contributed by atoms with Crippen molar-refractivity contribution in [3.63, 3.8) is 0 Å². The molecule has 1 aromatic heterocycles. The Morgan fingerprint density at radius 1 is 0.690 bits per heavy atom. The molecule has 12 amide bonds. The molecule has 29 nitrogen and oxygen atoms in total. The molecule has 5 aromatic rings. The summed E-state index contributed by atoms with van der Waals surface area (Å²) in [6.07, 6.45) is 3.06. The predicted octanol–water partition coefficient (Wildman–Crippen LogP) is -0.435. The van der Waals surface area contributed by atoms with Crippen LogP contribution < -0.4 is 65.0 Å². The fourth-order valence-corrected chi connectivity index (χ4v) is 15.3. The van der Waals surface area contributed by atoms with Crippen molar-refractivity contribution in [2.24, 2.45) is 0 Å². The highest BCUT2D eigenvalue weighted by Gasteiger charge is 2.50. The molecule has 10 atom stereocenters. The molecule has 12 bridgehead atoms. The van der Waals surface area contributed by atoms with Crippen LogP contribution in [0.5, 0.6) is 5.75 Å². The Morgan fingerprint density at radius 2 is 1.41 bits per heavy atom. The summed E-state index contributed by atoms with van der Waals surface area (Å²) in [5.74, 6) is -8.99. The molecule has 2 saturated heterocycles. The summed E-state index contributed by atoms with van der Waals surface area (Å²) in [6.45, 7) is 4.88. The largest absolute Gasteiger partial charge is 1.00 e. The number of methoxy groups -OCH3 is 1. The van der Waals surface area contributed by atoms with Crippen LogP contribution in [0.4, 0.5) is 4.39 Å². The number of nitrogens with one attached hydrogen (secondary N) is 9. The van der Waals surface area contributed by atoms with Gasteiger partial charge in [-0.15, -0.1) is 0 Å². The van der Waals surface area contributed by atoms with Gasteiger partial charge in [0.15, 0.2) is 0 Å². The van der Waals surface area contributed by atoms with Crippen LogP contribution in [0, 0.1) is 5.82 Å². The van der Waals surface area contributed by atoms with Gasteiger partial charge < -0.3 is 98.6 Å². The number of aromatic nitrogens is 1. The maximum absolute atomic E-state index is 16.2. The van der Waals surface area contributed by atoms with Crippen LogP contribution in [0.15, 0.2) is 97.2 Å². The van der Waals surface area contributed by atoms with Gasteiger partial charge in [0.25, 0.3) is 0 Å². The Kier molecular flexibility index (Phi) is 30.9. The zero-order valence-electron chi connectivity index (χ0n) is 65.7. The van der Waals surface area contributed by atoms with E-state index in [0.717, 1.165) is 39.9 Å². The van der Waals surface area contributed by atoms with E-state index in [4.69, 9.17) is 9.47 Å². The summed E-state index contributed by atoms with van der Waals surface area (Å²) in [6, 6.07) is 14.1. The summed E-state index contributed by atoms with van der Waals surface area (Å²) < 4.78 is 30.2. The van der Waals surface area contributed by atoms with Crippen LogP contribution in [0.25, 0.3) is 10.9 Å². The van der Waals surface area contributed by atoms with Crippen LogP contribution in [0.2, 0.25) is 0 Å². The van der Waals surface area contributed by atoms with E-state index in [1.165, 1.54) is 38.0 Å². The summed E-state index contributed by atoms with van der Waals surface area (Å²) in [5.41, 5.74) is 2.77. The highest BCUT2D eigenvalue weighted by atomic mass is 35.5. The SMILES string of the molecule is COc1ccc(C[C@@H]2NC(=O)[C@H]([C@@H](C)O)NC(=O)[C@@H]3[C@@H]4CCN3C(=O)[C@@H]3Cc5cn(c6ccc(F)cc56)CCCCCCN(Cc5ccc(cc5)CCNC(=O)[C@]5(C)CCCN5C2=O)C(=O)CCC(=O)N[C@@H](C)C(=O)NC(CNC(=O)CCCCC[N+](C)(C)C)C(=O)N[C@@H](Cc2cccc(c2)CNC(=O)CO4)C(=O)N3)cc1.[Cl-]. The van der Waals surface area contributed by atoms with Gasteiger partial charge in [0.2, 0.25) is 70.9 Å². The average molecular weight is 1590 g/mol. The first-order valence-electron chi connectivity index (χ1n) is 39.2. The number of amides is 12. The third-order valence-corrected chi connectivity index (χ3v) is 21.7. The molecule has 10 N–H and O–H groups in total. The van der Waals surface area contributed by atoms with Crippen molar-refractivity contribution in [3.8, 4) is 5.75 Å². The third-order valence-electron chi connectivity index (χ3n) is 21.7. The molecule has 7 heterocycles. The number of quaternary nitrogens is 1. The number of nitrogens with zero attached hydrogens (tertiary/aromatic N) is 5. The minimum absolute atomic E-state index is 0. The zero-order chi connectivity index (χ0) is 80.4. The van der Waals surface area contributed by atoms with Gasteiger partial charge >= 0.3 is 0 Å². The number of aliphatic hydroxyl groups excluding tert-OH is 1. The van der Waals surface area contributed by atoms with Crippen molar-refractivity contribution < 1.29 is 93.4 Å². The maximum atomic E-state index is 16.2. The van der Waals surface area contributed by atoms with Gasteiger partial charge in [-0.2, -0.15) is 0 Å². The van der Waals surface area contributed by atoms with Crippen molar-refractivity contribution in [1.82, 2.24) is 67.1 Å². The quantitative estimate of drug-likeness (QED) is 0.0560. The van der Waals surface area contributed by atoms with E-state index in [2.05, 4.69) is 69.0 Å². The second-order valence-corrected chi connectivity index (χ2v) is 31.5. The fourth-order valence-electron chi connectivity index (χ4n) is 15.3. The Bertz CT molecular complexity index is 4230. The van der Waals surface area contributed by atoms with Crippen LogP contribution in [-0.4, -0.2) is 234 Å². The highest BCUT2D eigenvalue weighted by molar-refractivity contribution is 6.00. The number of hydrogen-bond acceptors (Lipinski definition) is 15. The van der Waals surface area contributed by atoms with Gasteiger partial charge in [-0.05, 0) is 142 Å². The number of hydrogen-bond donors (Lipinski definition) is 10. The van der Waals surface area contributed by atoms with Crippen LogP contribution >= 0.6 is 0 Å². The Balaban J connectivity index is 0.0000146. The molecule has 4 aromatic carbocycles. The molecule has 1 unspecified atom stereocenters. The molecule has 2 fully saturated rings. The molecule has 0 spiro atoms. The summed E-state index contributed by atoms with van der Waals surface area (Å²) in [5, 5.41) is 37.2. The van der Waals surface area contributed by atoms with E-state index in [1.54, 1.807) is 72.6 Å². The number of benzene rings is 4. The highest BCUT2D eigenvalue weighted by Crippen LogP contribution is 2.32. The standard InChI is InChI=1S/C82H109FN14O15.ClH/c1-51-74(103)91-65(47-86-68(99)19-11-10-14-40-97(4,5)6)76(105)88-62-43-56-17-15-18-57(41-56)46-85-70(101)50-112-67-33-39-95-73(67)78(107)92-72(52(2)98)77(106)90-63(42-54-24-27-60(111-7)28-25-54)80(109)96-38-16-34-82(96,3)81(110)84-35-32-53-20-22-55(23-21-53)48-94(71(102)31-30-69(100)87-51)37-13-9-8-12-36-93-49-58(44-64(79(95)108)89-75(62)104)61-45-59(83)26-29-66(61)93;/h15,17-18,20-29,41,45,49,51-52,62-65,67,72-73,98H,8-14,16,19,30-40,42-44,46-48,50H2,1-7H3,(H8-,84,85,86,87,88,89,90,91,92,99,100,101,103,104,105,106,107,110);1H/t51-,52+,62-,63-,64-,65?,67-,72-,73-,82-;/m0./s1. The summed E-state index contributed by atoms with van der Waals surface area (Å²) >= 11 is 0. The molecular weight excluding hydrogens is 1480 g/mol. The second-order valence-electron chi connectivity index (χ2n) is 31.5. The van der Waals surface area contributed by atoms with E-state index < -0.39 is 144 Å². The first kappa shape index (κ1) is 86.9. The van der Waals surface area contributed by atoms with E-state index in [1.807, 2.05) is 28.8 Å². The molecule has 113 heavy (non-hydrogen) atoms. The third kappa shape index (κ3) is 23.8. The summed E-state index contributed by atoms with van der Waals surface area (Å²) in [4.78, 5) is 183. The van der Waals surface area contributed by atoms with Crippen molar-refractivity contribution in [2.75, 3.05) is 74.1 Å². The molecule has 0 saturated carbocycles. The minimum Gasteiger partial charge on any atom is -1.00 e. The maximum Gasteiger partial charge on any atom is 0.246 e. The number of aliphatic hydroxyl groups is 1. The zero-order valence-corrected chi connectivity index (χ0v) is 66.4. The first-order valence-corrected chi connectivity index (χ1v) is 39.2. The Labute approximate surface area is 665 Å². The lowest BCUT2D eigenvalue weighted by atomic mass is 9.95. The Hall–Kier alpha value is -10.0. The van der Waals surface area contributed by atoms with Crippen molar-refractivity contribution in [1.29, 1.82) is 0 Å². The van der Waals surface area contributed by atoms with E-state index in [-0.39, 0.29) is 102 Å². The monoisotopic (exact) mass is 1580 g/mol. The Morgan fingerprint density at radius 3 is 2.14 bits per heavy atom. The van der Waals surface area contributed by atoms with Gasteiger partial charge in [0.1, 0.15) is 66.0 Å². The predicted molar refractivity (Wildman–Crippen MR) is 413 cm³/mol. The smallest absolute Gasteiger partial charge is 0.246 e. The van der Waals surface area contributed by atoms with Crippen molar-refractivity contribution in [3.05, 3.63) is 136 Å². The first-order chi connectivity index (χ1) is 53.5. The number of halogens is 2.